The Morgan fingerprint density at radius 1 is 1.24 bits per heavy atom. The predicted octanol–water partition coefficient (Wildman–Crippen LogP) is 1.21. The smallest absolute Gasteiger partial charge is 0.267 e. The van der Waals surface area contributed by atoms with Crippen molar-refractivity contribution in [2.24, 2.45) is 0 Å². The molecule has 3 rings (SSSR count). The summed E-state index contributed by atoms with van der Waals surface area (Å²) in [7, 11) is 0. The second-order valence-corrected chi connectivity index (χ2v) is 3.72. The Labute approximate surface area is 97.5 Å². The number of nitrogens with one attached hydrogen (secondary N) is 4. The van der Waals surface area contributed by atoms with Crippen molar-refractivity contribution in [1.82, 2.24) is 9.97 Å². The van der Waals surface area contributed by atoms with Crippen LogP contribution in [0.3, 0.4) is 0 Å². The second-order valence-electron chi connectivity index (χ2n) is 3.72. The minimum absolute atomic E-state index is 0.127. The Hall–Kier alpha value is -2.50. The molecule has 1 aromatic heterocycles. The number of aromatic amines is 1. The lowest BCUT2D eigenvalue weighted by Gasteiger charge is -2.27. The highest BCUT2D eigenvalue weighted by Gasteiger charge is 2.24. The van der Waals surface area contributed by atoms with Crippen LogP contribution in [0, 0.1) is 0 Å². The van der Waals surface area contributed by atoms with Gasteiger partial charge in [0.05, 0.1) is 23.9 Å². The number of H-pyrrole nitrogens is 1. The van der Waals surface area contributed by atoms with Gasteiger partial charge in [-0.25, -0.2) is 4.98 Å². The number of carbonyl (C=O) groups excluding carboxylic acids is 1. The van der Waals surface area contributed by atoms with E-state index in [9.17, 15) is 4.79 Å². The third kappa shape index (κ3) is 1.80. The van der Waals surface area contributed by atoms with Gasteiger partial charge in [0.1, 0.15) is 5.82 Å². The van der Waals surface area contributed by atoms with Crippen molar-refractivity contribution in [1.29, 1.82) is 0 Å². The third-order valence-electron chi connectivity index (χ3n) is 2.55. The van der Waals surface area contributed by atoms with Crippen molar-refractivity contribution >= 4 is 23.1 Å². The Morgan fingerprint density at radius 2 is 2.06 bits per heavy atom. The van der Waals surface area contributed by atoms with Gasteiger partial charge in [0.2, 0.25) is 0 Å². The van der Waals surface area contributed by atoms with E-state index < -0.39 is 6.17 Å². The minimum Gasteiger partial charge on any atom is -0.356 e. The van der Waals surface area contributed by atoms with Crippen molar-refractivity contribution in [2.45, 2.75) is 6.17 Å². The maximum atomic E-state index is 11.8. The Kier molecular flexibility index (Phi) is 2.18. The van der Waals surface area contributed by atoms with Crippen molar-refractivity contribution in [3.63, 3.8) is 0 Å². The van der Waals surface area contributed by atoms with Gasteiger partial charge in [0.25, 0.3) is 5.91 Å². The zero-order valence-corrected chi connectivity index (χ0v) is 8.90. The lowest BCUT2D eigenvalue weighted by Crippen LogP contribution is -2.44. The summed E-state index contributed by atoms with van der Waals surface area (Å²) in [6.07, 6.45) is 2.66. The zero-order valence-electron chi connectivity index (χ0n) is 8.90. The van der Waals surface area contributed by atoms with Gasteiger partial charge >= 0.3 is 0 Å². The molecule has 0 aliphatic carbocycles. The monoisotopic (exact) mass is 229 g/mol. The standard InChI is InChI=1S/C11H11N5O/c17-11-10(16-9-5-12-6-13-9)14-7-3-1-2-4-8(7)15-11/h1-6,10,14,16H,(H,12,13)(H,15,17)/t10-/m1/s1. The Balaban J connectivity index is 1.82. The summed E-state index contributed by atoms with van der Waals surface area (Å²) in [5, 5.41) is 8.95. The minimum atomic E-state index is -0.509. The van der Waals surface area contributed by atoms with Gasteiger partial charge in [-0.1, -0.05) is 12.1 Å². The normalized spacial score (nSPS) is 17.9. The molecule has 0 saturated carbocycles. The molecule has 0 radical (unpaired) electrons. The number of imidazole rings is 1. The molecule has 1 aliphatic rings. The lowest BCUT2D eigenvalue weighted by molar-refractivity contribution is -0.116. The quantitative estimate of drug-likeness (QED) is 0.624. The van der Waals surface area contributed by atoms with Crippen LogP contribution in [-0.4, -0.2) is 22.0 Å². The number of para-hydroxylation sites is 2. The summed E-state index contributed by atoms with van der Waals surface area (Å²) in [5.41, 5.74) is 1.68. The molecule has 0 bridgehead atoms. The number of fused-ring (bicyclic) bond motifs is 1. The molecule has 1 aliphatic heterocycles. The highest BCUT2D eigenvalue weighted by molar-refractivity contribution is 6.03. The molecular weight excluding hydrogens is 218 g/mol. The number of carbonyl (C=O) groups is 1. The average molecular weight is 229 g/mol. The van der Waals surface area contributed by atoms with E-state index in [0.717, 1.165) is 11.4 Å². The van der Waals surface area contributed by atoms with Crippen LogP contribution in [0.4, 0.5) is 17.2 Å². The molecule has 0 fully saturated rings. The maximum Gasteiger partial charge on any atom is 0.267 e. The van der Waals surface area contributed by atoms with Crippen LogP contribution < -0.4 is 16.0 Å². The van der Waals surface area contributed by atoms with Crippen molar-refractivity contribution < 1.29 is 4.79 Å². The fourth-order valence-corrected chi connectivity index (χ4v) is 1.74. The molecule has 2 heterocycles. The van der Waals surface area contributed by atoms with Crippen LogP contribution in [0.2, 0.25) is 0 Å². The molecule has 6 nitrogen and oxygen atoms in total. The number of anilines is 3. The first-order chi connectivity index (χ1) is 8.33. The van der Waals surface area contributed by atoms with E-state index in [4.69, 9.17) is 0 Å². The van der Waals surface area contributed by atoms with Crippen LogP contribution in [0.15, 0.2) is 36.8 Å². The number of aromatic nitrogens is 2. The first-order valence-electron chi connectivity index (χ1n) is 5.24. The molecule has 0 spiro atoms. The number of nitrogens with zero attached hydrogens (tertiary/aromatic N) is 1. The van der Waals surface area contributed by atoms with Crippen molar-refractivity contribution in [3.05, 3.63) is 36.8 Å². The molecule has 2 aromatic rings. The number of rotatable bonds is 2. The van der Waals surface area contributed by atoms with Crippen LogP contribution in [0.25, 0.3) is 0 Å². The van der Waals surface area contributed by atoms with E-state index in [1.54, 1.807) is 12.5 Å². The predicted molar refractivity (Wildman–Crippen MR) is 64.7 cm³/mol. The van der Waals surface area contributed by atoms with E-state index in [0.29, 0.717) is 5.82 Å². The van der Waals surface area contributed by atoms with Gasteiger partial charge in [-0.15, -0.1) is 0 Å². The van der Waals surface area contributed by atoms with Gasteiger partial charge in [-0.2, -0.15) is 0 Å². The fraction of sp³-hybridized carbons (Fsp3) is 0.0909. The second kappa shape index (κ2) is 3.82. The van der Waals surface area contributed by atoms with E-state index in [1.165, 1.54) is 0 Å². The van der Waals surface area contributed by atoms with Crippen LogP contribution in [-0.2, 0) is 4.79 Å². The van der Waals surface area contributed by atoms with E-state index in [-0.39, 0.29) is 5.91 Å². The van der Waals surface area contributed by atoms with E-state index in [1.807, 2.05) is 24.3 Å². The first-order valence-corrected chi connectivity index (χ1v) is 5.24. The van der Waals surface area contributed by atoms with E-state index in [2.05, 4.69) is 25.9 Å². The molecule has 1 aromatic carbocycles. The SMILES string of the molecule is O=C1Nc2ccccc2N[C@@H]1Nc1cnc[nH]1. The largest absolute Gasteiger partial charge is 0.356 e. The third-order valence-corrected chi connectivity index (χ3v) is 2.55. The lowest BCUT2D eigenvalue weighted by atomic mass is 10.2. The highest BCUT2D eigenvalue weighted by atomic mass is 16.2. The van der Waals surface area contributed by atoms with Crippen molar-refractivity contribution in [2.75, 3.05) is 16.0 Å². The molecule has 17 heavy (non-hydrogen) atoms. The molecule has 1 atom stereocenters. The topological polar surface area (TPSA) is 81.8 Å². The summed E-state index contributed by atoms with van der Waals surface area (Å²) in [6, 6.07) is 7.56. The molecule has 0 unspecified atom stereocenters. The number of amides is 1. The van der Waals surface area contributed by atoms with Gasteiger partial charge < -0.3 is 20.9 Å². The number of hydrogen-bond acceptors (Lipinski definition) is 4. The maximum absolute atomic E-state index is 11.8. The van der Waals surface area contributed by atoms with Gasteiger partial charge in [-0.05, 0) is 12.1 Å². The summed E-state index contributed by atoms with van der Waals surface area (Å²) < 4.78 is 0. The Bertz CT molecular complexity index is 537. The molecular formula is C11H11N5O. The van der Waals surface area contributed by atoms with Crippen molar-refractivity contribution in [3.8, 4) is 0 Å². The average Bonchev–Trinajstić information content (AvgIpc) is 2.83. The summed E-state index contributed by atoms with van der Waals surface area (Å²) >= 11 is 0. The molecule has 86 valence electrons. The van der Waals surface area contributed by atoms with Gasteiger partial charge in [0.15, 0.2) is 6.17 Å². The fourth-order valence-electron chi connectivity index (χ4n) is 1.74. The summed E-state index contributed by atoms with van der Waals surface area (Å²) in [4.78, 5) is 18.6. The number of benzene rings is 1. The van der Waals surface area contributed by atoms with Crippen LogP contribution in [0.5, 0.6) is 0 Å². The molecule has 6 heteroatoms. The Morgan fingerprint density at radius 3 is 2.82 bits per heavy atom. The van der Waals surface area contributed by atoms with Gasteiger partial charge in [0, 0.05) is 0 Å². The molecule has 0 saturated heterocycles. The number of hydrogen-bond donors (Lipinski definition) is 4. The first kappa shape index (κ1) is 9.71. The van der Waals surface area contributed by atoms with Crippen LogP contribution >= 0.6 is 0 Å². The van der Waals surface area contributed by atoms with Crippen LogP contribution in [0.1, 0.15) is 0 Å². The summed E-state index contributed by atoms with van der Waals surface area (Å²) in [5.74, 6) is 0.565. The highest BCUT2D eigenvalue weighted by Crippen LogP contribution is 2.25. The van der Waals surface area contributed by atoms with Gasteiger partial charge in [-0.3, -0.25) is 4.79 Å². The molecule has 1 amide bonds. The zero-order chi connectivity index (χ0) is 11.7. The van der Waals surface area contributed by atoms with E-state index >= 15 is 0 Å². The summed E-state index contributed by atoms with van der Waals surface area (Å²) in [6.45, 7) is 0. The molecule has 4 N–H and O–H groups in total.